The van der Waals surface area contributed by atoms with Crippen LogP contribution in [0.4, 0.5) is 0 Å². The highest BCUT2D eigenvalue weighted by Gasteiger charge is 2.17. The van der Waals surface area contributed by atoms with Crippen molar-refractivity contribution in [1.29, 1.82) is 0 Å². The maximum Gasteiger partial charge on any atom is 0.334 e. The second kappa shape index (κ2) is 7.38. The molecule has 0 heterocycles. The Hall–Kier alpha value is -2.08. The molecule has 19 heavy (non-hydrogen) atoms. The van der Waals surface area contributed by atoms with E-state index in [1.807, 2.05) is 0 Å². The Bertz CT molecular complexity index is 429. The van der Waals surface area contributed by atoms with Gasteiger partial charge in [-0.25, -0.2) is 4.79 Å². The minimum atomic E-state index is -1.10. The molecule has 1 aromatic carbocycles. The van der Waals surface area contributed by atoms with Gasteiger partial charge in [0, 0.05) is 7.11 Å². The molecule has 6 heteroatoms. The Kier molecular flexibility index (Phi) is 5.81. The van der Waals surface area contributed by atoms with Gasteiger partial charge in [-0.3, -0.25) is 4.79 Å². The molecule has 0 aromatic heterocycles. The van der Waals surface area contributed by atoms with E-state index in [-0.39, 0.29) is 18.9 Å². The van der Waals surface area contributed by atoms with E-state index in [0.717, 1.165) is 11.3 Å². The lowest BCUT2D eigenvalue weighted by molar-refractivity contribution is -0.148. The Balaban J connectivity index is 2.44. The zero-order valence-corrected chi connectivity index (χ0v) is 10.9. The van der Waals surface area contributed by atoms with Crippen molar-refractivity contribution in [1.82, 2.24) is 5.32 Å². The third-order valence-corrected chi connectivity index (χ3v) is 2.57. The summed E-state index contributed by atoms with van der Waals surface area (Å²) >= 11 is 0. The second-order valence-corrected chi connectivity index (χ2v) is 3.89. The fourth-order valence-electron chi connectivity index (χ4n) is 1.47. The number of amides is 1. The van der Waals surface area contributed by atoms with E-state index in [4.69, 9.17) is 14.6 Å². The number of rotatable bonds is 7. The van der Waals surface area contributed by atoms with Crippen LogP contribution in [0.5, 0.6) is 5.75 Å². The molecule has 0 aliphatic rings. The SMILES string of the molecule is COc1ccc(CC(=O)NCC(OC)C(=O)O)cc1. The molecule has 1 atom stereocenters. The van der Waals surface area contributed by atoms with Crippen LogP contribution in [0.25, 0.3) is 0 Å². The van der Waals surface area contributed by atoms with Crippen molar-refractivity contribution in [2.24, 2.45) is 0 Å². The van der Waals surface area contributed by atoms with Crippen molar-refractivity contribution in [3.05, 3.63) is 29.8 Å². The van der Waals surface area contributed by atoms with Gasteiger partial charge in [0.05, 0.1) is 20.1 Å². The largest absolute Gasteiger partial charge is 0.497 e. The highest BCUT2D eigenvalue weighted by molar-refractivity contribution is 5.80. The summed E-state index contributed by atoms with van der Waals surface area (Å²) in [6.07, 6.45) is -0.847. The van der Waals surface area contributed by atoms with Crippen LogP contribution >= 0.6 is 0 Å². The lowest BCUT2D eigenvalue weighted by atomic mass is 10.1. The molecule has 1 amide bonds. The van der Waals surface area contributed by atoms with E-state index in [9.17, 15) is 9.59 Å². The average molecular weight is 267 g/mol. The Morgan fingerprint density at radius 1 is 1.26 bits per heavy atom. The van der Waals surface area contributed by atoms with Crippen molar-refractivity contribution in [3.63, 3.8) is 0 Å². The van der Waals surface area contributed by atoms with Gasteiger partial charge < -0.3 is 19.9 Å². The van der Waals surface area contributed by atoms with E-state index >= 15 is 0 Å². The summed E-state index contributed by atoms with van der Waals surface area (Å²) < 4.78 is 9.72. The van der Waals surface area contributed by atoms with E-state index in [1.54, 1.807) is 31.4 Å². The topological polar surface area (TPSA) is 84.9 Å². The maximum atomic E-state index is 11.6. The van der Waals surface area contributed by atoms with Gasteiger partial charge >= 0.3 is 5.97 Å². The molecule has 1 rings (SSSR count). The second-order valence-electron chi connectivity index (χ2n) is 3.89. The van der Waals surface area contributed by atoms with Crippen molar-refractivity contribution in [3.8, 4) is 5.75 Å². The highest BCUT2D eigenvalue weighted by Crippen LogP contribution is 2.11. The minimum Gasteiger partial charge on any atom is -0.497 e. The van der Waals surface area contributed by atoms with Crippen LogP contribution in [0.2, 0.25) is 0 Å². The number of carboxylic acid groups (broad SMARTS) is 1. The number of carboxylic acids is 1. The third-order valence-electron chi connectivity index (χ3n) is 2.57. The maximum absolute atomic E-state index is 11.6. The van der Waals surface area contributed by atoms with Gasteiger partial charge in [-0.15, -0.1) is 0 Å². The minimum absolute atomic E-state index is 0.0547. The molecule has 0 saturated heterocycles. The van der Waals surface area contributed by atoms with Crippen LogP contribution in [0.1, 0.15) is 5.56 Å². The standard InChI is InChI=1S/C13H17NO5/c1-18-10-5-3-9(4-6-10)7-12(15)14-8-11(19-2)13(16)17/h3-6,11H,7-8H2,1-2H3,(H,14,15)(H,16,17). The predicted molar refractivity (Wildman–Crippen MR) is 68.1 cm³/mol. The zero-order valence-electron chi connectivity index (χ0n) is 10.9. The number of carbonyl (C=O) groups excluding carboxylic acids is 1. The first-order valence-electron chi connectivity index (χ1n) is 5.72. The van der Waals surface area contributed by atoms with Crippen LogP contribution in [-0.2, 0) is 20.7 Å². The molecule has 0 radical (unpaired) electrons. The highest BCUT2D eigenvalue weighted by atomic mass is 16.5. The predicted octanol–water partition coefficient (Wildman–Crippen LogP) is 0.453. The molecule has 0 spiro atoms. The molecule has 0 aliphatic heterocycles. The number of hydrogen-bond donors (Lipinski definition) is 2. The van der Waals surface area contributed by atoms with Crippen molar-refractivity contribution in [2.75, 3.05) is 20.8 Å². The number of benzene rings is 1. The number of methoxy groups -OCH3 is 2. The fraction of sp³-hybridized carbons (Fsp3) is 0.385. The number of carbonyl (C=O) groups is 2. The molecule has 1 aromatic rings. The summed E-state index contributed by atoms with van der Waals surface area (Å²) in [6, 6.07) is 7.09. The lowest BCUT2D eigenvalue weighted by Gasteiger charge is -2.11. The summed E-state index contributed by atoms with van der Waals surface area (Å²) in [4.78, 5) is 22.3. The van der Waals surface area contributed by atoms with Gasteiger partial charge in [0.25, 0.3) is 0 Å². The summed E-state index contributed by atoms with van der Waals surface area (Å²) in [5.41, 5.74) is 0.822. The Morgan fingerprint density at radius 2 is 1.89 bits per heavy atom. The van der Waals surface area contributed by atoms with Gasteiger partial charge in [0.1, 0.15) is 5.75 Å². The first-order chi connectivity index (χ1) is 9.06. The van der Waals surface area contributed by atoms with E-state index in [1.165, 1.54) is 7.11 Å². The van der Waals surface area contributed by atoms with Crippen molar-refractivity contribution in [2.45, 2.75) is 12.5 Å². The molecule has 0 fully saturated rings. The first-order valence-corrected chi connectivity index (χ1v) is 5.72. The fourth-order valence-corrected chi connectivity index (χ4v) is 1.47. The van der Waals surface area contributed by atoms with Crippen LogP contribution in [0.15, 0.2) is 24.3 Å². The summed E-state index contributed by atoms with van der Waals surface area (Å²) in [6.45, 7) is -0.0547. The van der Waals surface area contributed by atoms with Gasteiger partial charge in [-0.2, -0.15) is 0 Å². The summed E-state index contributed by atoms with van der Waals surface area (Å²) in [7, 11) is 2.85. The number of aliphatic carboxylic acids is 1. The summed E-state index contributed by atoms with van der Waals surface area (Å²) in [5, 5.41) is 11.3. The number of nitrogens with one attached hydrogen (secondary N) is 1. The molecule has 6 nitrogen and oxygen atoms in total. The Labute approximate surface area is 111 Å². The van der Waals surface area contributed by atoms with Crippen LogP contribution in [-0.4, -0.2) is 43.9 Å². The van der Waals surface area contributed by atoms with Crippen LogP contribution < -0.4 is 10.1 Å². The smallest absolute Gasteiger partial charge is 0.334 e. The first kappa shape index (κ1) is 15.0. The summed E-state index contributed by atoms with van der Waals surface area (Å²) in [5.74, 6) is -0.643. The normalized spacial score (nSPS) is 11.7. The number of ether oxygens (including phenoxy) is 2. The van der Waals surface area contributed by atoms with Crippen molar-refractivity contribution < 1.29 is 24.2 Å². The van der Waals surface area contributed by atoms with Crippen LogP contribution in [0, 0.1) is 0 Å². The van der Waals surface area contributed by atoms with Gasteiger partial charge in [0.2, 0.25) is 5.91 Å². The zero-order chi connectivity index (χ0) is 14.3. The van der Waals surface area contributed by atoms with E-state index < -0.39 is 12.1 Å². The molecule has 0 aliphatic carbocycles. The molecular formula is C13H17NO5. The molecule has 0 bridgehead atoms. The van der Waals surface area contributed by atoms with Gasteiger partial charge in [-0.05, 0) is 17.7 Å². The number of hydrogen-bond acceptors (Lipinski definition) is 4. The molecule has 2 N–H and O–H groups in total. The lowest BCUT2D eigenvalue weighted by Crippen LogP contribution is -2.38. The van der Waals surface area contributed by atoms with E-state index in [2.05, 4.69) is 5.32 Å². The molecule has 1 unspecified atom stereocenters. The quantitative estimate of drug-likeness (QED) is 0.749. The van der Waals surface area contributed by atoms with E-state index in [0.29, 0.717) is 0 Å². The third kappa shape index (κ3) is 4.97. The van der Waals surface area contributed by atoms with Crippen molar-refractivity contribution >= 4 is 11.9 Å². The molecular weight excluding hydrogens is 250 g/mol. The average Bonchev–Trinajstić information content (AvgIpc) is 2.40. The monoisotopic (exact) mass is 267 g/mol. The molecule has 104 valence electrons. The van der Waals surface area contributed by atoms with Gasteiger partial charge in [-0.1, -0.05) is 12.1 Å². The molecule has 0 saturated carbocycles. The van der Waals surface area contributed by atoms with Gasteiger partial charge in [0.15, 0.2) is 6.10 Å². The van der Waals surface area contributed by atoms with Crippen LogP contribution in [0.3, 0.4) is 0 Å². The Morgan fingerprint density at radius 3 is 2.37 bits per heavy atom.